The van der Waals surface area contributed by atoms with Gasteiger partial charge >= 0.3 is 6.09 Å². The number of hydrogen-bond acceptors (Lipinski definition) is 7. The molecule has 40 heavy (non-hydrogen) atoms. The standard InChI is InChI=1S/C30H49FN2O6S/c1-18(2)16-40-23-12-21(11-22(31)14-23)13-24(32-20(4)34)26(35)25-15-37-27(38-17-29(5,6)7)19(3)33(25)28(36)39-30(8,9)10/h11-12,14,18-19,24-27,35H,13,15-17H2,1-10H3,(H,32,34)/t19-,24-,25+,26-,27-/m0/s1. The Morgan fingerprint density at radius 2 is 1.85 bits per heavy atom. The van der Waals surface area contributed by atoms with Crippen LogP contribution in [0, 0.1) is 17.2 Å². The van der Waals surface area contributed by atoms with Gasteiger partial charge in [0.1, 0.15) is 11.4 Å². The predicted molar refractivity (Wildman–Crippen MR) is 156 cm³/mol. The first kappa shape index (κ1) is 34.3. The number of rotatable bonds is 10. The molecule has 0 spiro atoms. The maximum absolute atomic E-state index is 14.5. The number of nitrogens with one attached hydrogen (secondary N) is 1. The summed E-state index contributed by atoms with van der Waals surface area (Å²) in [7, 11) is 0. The van der Waals surface area contributed by atoms with Gasteiger partial charge in [0.15, 0.2) is 6.29 Å². The van der Waals surface area contributed by atoms with Crippen molar-refractivity contribution < 1.29 is 33.3 Å². The molecule has 1 aliphatic rings. The summed E-state index contributed by atoms with van der Waals surface area (Å²) in [4.78, 5) is 27.9. The zero-order chi connectivity index (χ0) is 30.4. The molecule has 1 fully saturated rings. The zero-order valence-corrected chi connectivity index (χ0v) is 26.6. The highest BCUT2D eigenvalue weighted by molar-refractivity contribution is 7.99. The maximum atomic E-state index is 14.5. The monoisotopic (exact) mass is 584 g/mol. The van der Waals surface area contributed by atoms with Crippen molar-refractivity contribution in [2.45, 2.75) is 117 Å². The van der Waals surface area contributed by atoms with Crippen molar-refractivity contribution in [3.63, 3.8) is 0 Å². The normalized spacial score (nSPS) is 21.7. The van der Waals surface area contributed by atoms with E-state index in [1.54, 1.807) is 39.5 Å². The van der Waals surface area contributed by atoms with E-state index in [1.807, 2.05) is 26.8 Å². The van der Waals surface area contributed by atoms with Gasteiger partial charge in [0.25, 0.3) is 0 Å². The molecule has 10 heteroatoms. The summed E-state index contributed by atoms with van der Waals surface area (Å²) in [6.45, 7) is 19.1. The number of halogens is 1. The highest BCUT2D eigenvalue weighted by Crippen LogP contribution is 2.29. The van der Waals surface area contributed by atoms with Crippen LogP contribution in [0.3, 0.4) is 0 Å². The van der Waals surface area contributed by atoms with Crippen molar-refractivity contribution in [3.8, 4) is 0 Å². The molecule has 1 heterocycles. The molecule has 2 N–H and O–H groups in total. The smallest absolute Gasteiger partial charge is 0.411 e. The Labute approximate surface area is 243 Å². The molecule has 228 valence electrons. The van der Waals surface area contributed by atoms with Crippen molar-refractivity contribution in [2.75, 3.05) is 19.0 Å². The highest BCUT2D eigenvalue weighted by Gasteiger charge is 2.46. The second-order valence-electron chi connectivity index (χ2n) is 13.3. The molecular weight excluding hydrogens is 535 g/mol. The molecule has 0 radical (unpaired) electrons. The van der Waals surface area contributed by atoms with Gasteiger partial charge in [-0.15, -0.1) is 11.8 Å². The van der Waals surface area contributed by atoms with Crippen molar-refractivity contribution in [3.05, 3.63) is 29.6 Å². The Balaban J connectivity index is 2.37. The van der Waals surface area contributed by atoms with E-state index in [0.29, 0.717) is 18.1 Å². The predicted octanol–water partition coefficient (Wildman–Crippen LogP) is 5.40. The third-order valence-corrected chi connectivity index (χ3v) is 7.47. The lowest BCUT2D eigenvalue weighted by molar-refractivity contribution is -0.233. The molecule has 0 aromatic heterocycles. The van der Waals surface area contributed by atoms with E-state index >= 15 is 0 Å². The van der Waals surface area contributed by atoms with Crippen LogP contribution in [0.15, 0.2) is 23.1 Å². The van der Waals surface area contributed by atoms with Gasteiger partial charge in [-0.3, -0.25) is 9.69 Å². The van der Waals surface area contributed by atoms with Gasteiger partial charge in [-0.25, -0.2) is 9.18 Å². The molecule has 1 aliphatic heterocycles. The van der Waals surface area contributed by atoms with Crippen molar-refractivity contribution in [1.82, 2.24) is 10.2 Å². The largest absolute Gasteiger partial charge is 0.444 e. The third kappa shape index (κ3) is 11.2. The Hall–Kier alpha value is -1.88. The molecule has 0 aliphatic carbocycles. The molecule has 1 saturated heterocycles. The highest BCUT2D eigenvalue weighted by atomic mass is 32.2. The Morgan fingerprint density at radius 3 is 2.40 bits per heavy atom. The van der Waals surface area contributed by atoms with Crippen LogP contribution >= 0.6 is 11.8 Å². The van der Waals surface area contributed by atoms with E-state index < -0.39 is 42.2 Å². The zero-order valence-electron chi connectivity index (χ0n) is 25.7. The first-order valence-corrected chi connectivity index (χ1v) is 15.0. The van der Waals surface area contributed by atoms with Crippen LogP contribution in [0.4, 0.5) is 9.18 Å². The van der Waals surface area contributed by atoms with E-state index in [4.69, 9.17) is 14.2 Å². The lowest BCUT2D eigenvalue weighted by Gasteiger charge is -2.47. The average Bonchev–Trinajstić information content (AvgIpc) is 2.78. The number of aliphatic hydroxyl groups is 1. The summed E-state index contributed by atoms with van der Waals surface area (Å²) < 4.78 is 32.3. The average molecular weight is 585 g/mol. The number of carbonyl (C=O) groups excluding carboxylic acids is 2. The summed E-state index contributed by atoms with van der Waals surface area (Å²) in [5, 5.41) is 14.5. The van der Waals surface area contributed by atoms with Gasteiger partial charge < -0.3 is 24.6 Å². The van der Waals surface area contributed by atoms with Crippen LogP contribution in [-0.2, 0) is 25.4 Å². The fraction of sp³-hybridized carbons (Fsp3) is 0.733. The number of nitrogens with zero attached hydrogens (tertiary/aromatic N) is 1. The Bertz CT molecular complexity index is 993. The molecule has 1 aromatic carbocycles. The van der Waals surface area contributed by atoms with E-state index in [-0.39, 0.29) is 30.2 Å². The molecule has 0 unspecified atom stereocenters. The van der Waals surface area contributed by atoms with Crippen LogP contribution in [-0.4, -0.2) is 77.1 Å². The van der Waals surface area contributed by atoms with Crippen LogP contribution in [0.1, 0.15) is 74.8 Å². The van der Waals surface area contributed by atoms with Crippen molar-refractivity contribution in [1.29, 1.82) is 0 Å². The van der Waals surface area contributed by atoms with E-state index in [0.717, 1.165) is 10.6 Å². The molecule has 1 aromatic rings. The molecule has 0 bridgehead atoms. The van der Waals surface area contributed by atoms with Crippen molar-refractivity contribution >= 4 is 23.8 Å². The minimum absolute atomic E-state index is 0.0334. The van der Waals surface area contributed by atoms with E-state index in [9.17, 15) is 19.1 Å². The van der Waals surface area contributed by atoms with Crippen LogP contribution < -0.4 is 5.32 Å². The minimum atomic E-state index is -1.24. The van der Waals surface area contributed by atoms with E-state index in [1.165, 1.54) is 24.0 Å². The number of aliphatic hydroxyl groups excluding tert-OH is 1. The molecule has 2 amide bonds. The van der Waals surface area contributed by atoms with Crippen molar-refractivity contribution in [2.24, 2.45) is 11.3 Å². The molecule has 0 saturated carbocycles. The first-order valence-electron chi connectivity index (χ1n) is 14.0. The summed E-state index contributed by atoms with van der Waals surface area (Å²) in [5.41, 5.74) is -0.261. The minimum Gasteiger partial charge on any atom is -0.444 e. The molecule has 2 rings (SSSR count). The van der Waals surface area contributed by atoms with Gasteiger partial charge in [0.05, 0.1) is 37.4 Å². The fourth-order valence-corrected chi connectivity index (χ4v) is 5.33. The third-order valence-electron chi connectivity index (χ3n) is 6.07. The summed E-state index contributed by atoms with van der Waals surface area (Å²) in [6, 6.07) is 2.51. The number of carbonyl (C=O) groups is 2. The quantitative estimate of drug-likeness (QED) is 0.356. The second-order valence-corrected chi connectivity index (χ2v) is 14.4. The number of amides is 2. The summed E-state index contributed by atoms with van der Waals surface area (Å²) in [6.07, 6.45) is -2.42. The van der Waals surface area contributed by atoms with Gasteiger partial charge in [-0.2, -0.15) is 0 Å². The molecule has 5 atom stereocenters. The Kier molecular flexibility index (Phi) is 12.3. The number of morpholine rings is 1. The van der Waals surface area contributed by atoms with Crippen LogP contribution in [0.25, 0.3) is 0 Å². The molecular formula is C30H49FN2O6S. The van der Waals surface area contributed by atoms with Gasteiger partial charge in [0.2, 0.25) is 5.91 Å². The summed E-state index contributed by atoms with van der Waals surface area (Å²) in [5.74, 6) is 0.536. The number of benzene rings is 1. The number of thioether (sulfide) groups is 1. The van der Waals surface area contributed by atoms with E-state index in [2.05, 4.69) is 19.2 Å². The molecule has 8 nitrogen and oxygen atoms in total. The first-order chi connectivity index (χ1) is 18.4. The second kappa shape index (κ2) is 14.3. The number of hydrogen-bond donors (Lipinski definition) is 2. The van der Waals surface area contributed by atoms with Gasteiger partial charge in [-0.05, 0) is 69.2 Å². The summed E-state index contributed by atoms with van der Waals surface area (Å²) >= 11 is 1.56. The lowest BCUT2D eigenvalue weighted by Crippen LogP contribution is -2.66. The number of ether oxygens (including phenoxy) is 3. The topological polar surface area (TPSA) is 97.3 Å². The Morgan fingerprint density at radius 1 is 1.20 bits per heavy atom. The fourth-order valence-electron chi connectivity index (χ4n) is 4.37. The van der Waals surface area contributed by atoms with Gasteiger partial charge in [0, 0.05) is 17.6 Å². The lowest BCUT2D eigenvalue weighted by atomic mass is 9.94. The maximum Gasteiger partial charge on any atom is 0.411 e. The SMILES string of the molecule is CC(=O)N[C@@H](Cc1cc(F)cc(SCC(C)C)c1)[C@H](O)[C@H]1CO[C@@H](OCC(C)(C)C)[C@H](C)N1C(=O)OC(C)(C)C. The van der Waals surface area contributed by atoms with Gasteiger partial charge in [-0.1, -0.05) is 34.6 Å². The van der Waals surface area contributed by atoms with Crippen LogP contribution in [0.2, 0.25) is 0 Å². The van der Waals surface area contributed by atoms with Crippen LogP contribution in [0.5, 0.6) is 0 Å².